The first-order valence-corrected chi connectivity index (χ1v) is 11.9. The fourth-order valence-electron chi connectivity index (χ4n) is 10.1. The number of fused-ring (bicyclic) bond motifs is 2. The Hall–Kier alpha value is -0.380. The van der Waals surface area contributed by atoms with Crippen molar-refractivity contribution < 1.29 is 5.11 Å². The normalized spacial score (nSPS) is 58.4. The van der Waals surface area contributed by atoms with Gasteiger partial charge < -0.3 is 15.7 Å². The van der Waals surface area contributed by atoms with E-state index < -0.39 is 0 Å². The fraction of sp³-hybridized carbons (Fsp3) is 0.920. The first-order chi connectivity index (χ1) is 13.2. The van der Waals surface area contributed by atoms with Gasteiger partial charge in [0, 0.05) is 18.0 Å². The lowest BCUT2D eigenvalue weighted by Gasteiger charge is -2.61. The third kappa shape index (κ3) is 1.98. The highest BCUT2D eigenvalue weighted by atomic mass is 16.3. The minimum Gasteiger partial charge on any atom is -0.393 e. The second kappa shape index (κ2) is 5.86. The van der Waals surface area contributed by atoms with E-state index in [4.69, 9.17) is 0 Å². The predicted octanol–water partition coefficient (Wildman–Crippen LogP) is 4.12. The molecular weight excluding hydrogens is 344 g/mol. The van der Waals surface area contributed by atoms with Gasteiger partial charge >= 0.3 is 0 Å². The average Bonchev–Trinajstić information content (AvgIpc) is 3.27. The van der Waals surface area contributed by atoms with Crippen molar-refractivity contribution in [3.05, 3.63) is 12.2 Å². The topological polar surface area (TPSA) is 44.3 Å². The monoisotopic (exact) mass is 386 g/mol. The summed E-state index contributed by atoms with van der Waals surface area (Å²) in [6.07, 6.45) is 10.3. The second-order valence-electron chi connectivity index (χ2n) is 11.8. The minimum atomic E-state index is -0.157. The minimum absolute atomic E-state index is 0.157. The van der Waals surface area contributed by atoms with Gasteiger partial charge in [0.2, 0.25) is 0 Å². The van der Waals surface area contributed by atoms with Crippen LogP contribution >= 0.6 is 0 Å². The molecule has 5 saturated carbocycles. The van der Waals surface area contributed by atoms with E-state index in [-0.39, 0.29) is 16.9 Å². The summed E-state index contributed by atoms with van der Waals surface area (Å²) in [6, 6.07) is 0.912. The molecule has 0 aromatic carbocycles. The molecule has 5 fully saturated rings. The van der Waals surface area contributed by atoms with Gasteiger partial charge in [-0.1, -0.05) is 26.0 Å². The Kier molecular flexibility index (Phi) is 4.09. The van der Waals surface area contributed by atoms with Crippen molar-refractivity contribution in [3.63, 3.8) is 0 Å². The van der Waals surface area contributed by atoms with Crippen LogP contribution in [0.2, 0.25) is 0 Å². The maximum absolute atomic E-state index is 11.2. The molecule has 158 valence electrons. The van der Waals surface area contributed by atoms with E-state index in [1.54, 1.807) is 0 Å². The first kappa shape index (κ1) is 19.6. The quantitative estimate of drug-likeness (QED) is 0.639. The van der Waals surface area contributed by atoms with Gasteiger partial charge in [0.15, 0.2) is 0 Å². The molecule has 0 amide bonds. The van der Waals surface area contributed by atoms with Crippen LogP contribution < -0.4 is 10.6 Å². The van der Waals surface area contributed by atoms with Crippen molar-refractivity contribution in [1.29, 1.82) is 0 Å². The van der Waals surface area contributed by atoms with Crippen LogP contribution in [0, 0.1) is 39.4 Å². The lowest BCUT2D eigenvalue weighted by molar-refractivity contribution is -0.120. The Morgan fingerprint density at radius 3 is 2.46 bits per heavy atom. The summed E-state index contributed by atoms with van der Waals surface area (Å²) >= 11 is 0. The zero-order valence-corrected chi connectivity index (χ0v) is 18.8. The maximum Gasteiger partial charge on any atom is 0.0594 e. The molecule has 0 aromatic heterocycles. The van der Waals surface area contributed by atoms with Gasteiger partial charge in [0.05, 0.1) is 6.10 Å². The van der Waals surface area contributed by atoms with E-state index in [1.807, 2.05) is 0 Å². The van der Waals surface area contributed by atoms with Crippen LogP contribution in [0.5, 0.6) is 0 Å². The van der Waals surface area contributed by atoms with Gasteiger partial charge in [-0.05, 0) is 106 Å². The molecule has 5 aliphatic rings. The molecule has 28 heavy (non-hydrogen) atoms. The summed E-state index contributed by atoms with van der Waals surface area (Å²) < 4.78 is 0. The van der Waals surface area contributed by atoms with Crippen LogP contribution in [-0.4, -0.2) is 37.4 Å². The third-order valence-corrected chi connectivity index (χ3v) is 11.6. The van der Waals surface area contributed by atoms with Crippen molar-refractivity contribution in [3.8, 4) is 0 Å². The lowest BCUT2D eigenvalue weighted by atomic mass is 9.43. The highest BCUT2D eigenvalue weighted by molar-refractivity contribution is 5.35. The molecule has 0 bridgehead atoms. The molecule has 0 aliphatic heterocycles. The SMILES string of the molecule is C=C1[C@@H](NC)CC[C@]23C[C@]24CC[C@]2(C)C([C@H](C)NC)[C@H](O)C[C@@]2(C)[C@@H]4CC[C@@H]13. The Bertz CT molecular complexity index is 692. The number of nitrogens with one attached hydrogen (secondary N) is 2. The summed E-state index contributed by atoms with van der Waals surface area (Å²) in [5.74, 6) is 1.90. The van der Waals surface area contributed by atoms with E-state index in [1.165, 1.54) is 50.5 Å². The van der Waals surface area contributed by atoms with Gasteiger partial charge in [-0.25, -0.2) is 0 Å². The molecule has 3 N–H and O–H groups in total. The van der Waals surface area contributed by atoms with Crippen LogP contribution in [0.15, 0.2) is 12.2 Å². The number of likely N-dealkylation sites (N-methyl/N-ethyl adjacent to an activating group) is 1. The van der Waals surface area contributed by atoms with E-state index in [9.17, 15) is 5.11 Å². The fourth-order valence-corrected chi connectivity index (χ4v) is 10.1. The Balaban J connectivity index is 1.51. The maximum atomic E-state index is 11.2. The summed E-state index contributed by atoms with van der Waals surface area (Å²) in [6.45, 7) is 12.0. The molecule has 0 heterocycles. The standard InChI is InChI=1S/C25H42N2O/c1-15-17-7-8-20-23(4)13-19(28)21(16(2)26-5)22(23,3)11-12-25(20)14-24(17,25)10-9-18(15)27-6/h16-21,26-28H,1,7-14H2,2-6H3/t16-,17-,18-,19+,20-,21?,22+,23-,24+,25-/m0/s1. The molecule has 3 nitrogen and oxygen atoms in total. The largest absolute Gasteiger partial charge is 0.393 e. The average molecular weight is 387 g/mol. The molecule has 5 rings (SSSR count). The molecule has 0 radical (unpaired) electrons. The van der Waals surface area contributed by atoms with Crippen molar-refractivity contribution in [2.24, 2.45) is 39.4 Å². The van der Waals surface area contributed by atoms with Crippen molar-refractivity contribution in [1.82, 2.24) is 10.6 Å². The van der Waals surface area contributed by atoms with E-state index in [0.717, 1.165) is 18.3 Å². The molecule has 10 atom stereocenters. The number of hydrogen-bond donors (Lipinski definition) is 3. The van der Waals surface area contributed by atoms with Gasteiger partial charge in [0.1, 0.15) is 0 Å². The highest BCUT2D eigenvalue weighted by Gasteiger charge is 2.81. The van der Waals surface area contributed by atoms with Crippen LogP contribution in [-0.2, 0) is 0 Å². The molecule has 0 aromatic rings. The smallest absolute Gasteiger partial charge is 0.0594 e. The van der Waals surface area contributed by atoms with Crippen LogP contribution in [0.4, 0.5) is 0 Å². The van der Waals surface area contributed by atoms with Gasteiger partial charge in [-0.2, -0.15) is 0 Å². The number of rotatable bonds is 3. The third-order valence-electron chi connectivity index (χ3n) is 11.6. The molecule has 3 heteroatoms. The zero-order chi connectivity index (χ0) is 20.1. The van der Waals surface area contributed by atoms with E-state index in [0.29, 0.717) is 28.8 Å². The summed E-state index contributed by atoms with van der Waals surface area (Å²) in [5, 5.41) is 18.2. The van der Waals surface area contributed by atoms with Crippen molar-refractivity contribution in [2.45, 2.75) is 90.3 Å². The van der Waals surface area contributed by atoms with Crippen LogP contribution in [0.3, 0.4) is 0 Å². The summed E-state index contributed by atoms with van der Waals surface area (Å²) in [5.41, 5.74) is 3.12. The van der Waals surface area contributed by atoms with E-state index >= 15 is 0 Å². The lowest BCUT2D eigenvalue weighted by Crippen LogP contribution is -2.56. The molecule has 2 spiro atoms. The highest BCUT2D eigenvalue weighted by Crippen LogP contribution is 2.87. The summed E-state index contributed by atoms with van der Waals surface area (Å²) in [4.78, 5) is 0. The van der Waals surface area contributed by atoms with Crippen LogP contribution in [0.1, 0.15) is 72.1 Å². The van der Waals surface area contributed by atoms with Crippen molar-refractivity contribution in [2.75, 3.05) is 14.1 Å². The van der Waals surface area contributed by atoms with Gasteiger partial charge in [-0.3, -0.25) is 0 Å². The molecule has 0 saturated heterocycles. The predicted molar refractivity (Wildman–Crippen MR) is 115 cm³/mol. The summed E-state index contributed by atoms with van der Waals surface area (Å²) in [7, 11) is 4.17. The Morgan fingerprint density at radius 1 is 1.04 bits per heavy atom. The molecular formula is C25H42N2O. The Morgan fingerprint density at radius 2 is 1.79 bits per heavy atom. The van der Waals surface area contributed by atoms with E-state index in [2.05, 4.69) is 52.1 Å². The number of aliphatic hydroxyl groups excluding tert-OH is 1. The van der Waals surface area contributed by atoms with Gasteiger partial charge in [-0.15, -0.1) is 0 Å². The molecule has 5 aliphatic carbocycles. The molecule has 1 unspecified atom stereocenters. The Labute approximate surface area is 172 Å². The number of hydrogen-bond acceptors (Lipinski definition) is 3. The second-order valence-corrected chi connectivity index (χ2v) is 11.8. The van der Waals surface area contributed by atoms with Gasteiger partial charge in [0.25, 0.3) is 0 Å². The number of aliphatic hydroxyl groups is 1. The first-order valence-electron chi connectivity index (χ1n) is 11.9. The van der Waals surface area contributed by atoms with Crippen LogP contribution in [0.25, 0.3) is 0 Å². The van der Waals surface area contributed by atoms with Crippen molar-refractivity contribution >= 4 is 0 Å². The zero-order valence-electron chi connectivity index (χ0n) is 18.8.